The molecule has 0 fully saturated rings. The number of carbonyl (C=O) groups excluding carboxylic acids is 1. The summed E-state index contributed by atoms with van der Waals surface area (Å²) in [5, 5.41) is 13.4. The fourth-order valence-electron chi connectivity index (χ4n) is 3.42. The first kappa shape index (κ1) is 21.0. The highest BCUT2D eigenvalue weighted by Gasteiger charge is 2.23. The molecule has 1 atom stereocenters. The molecule has 0 aliphatic carbocycles. The molecule has 3 rings (SSSR count). The van der Waals surface area contributed by atoms with Crippen LogP contribution in [0.5, 0.6) is 0 Å². The molecule has 29 heavy (non-hydrogen) atoms. The minimum Gasteiger partial charge on any atom is -0.480 e. The average Bonchev–Trinajstić information content (AvgIpc) is 3.04. The van der Waals surface area contributed by atoms with Crippen molar-refractivity contribution in [2.24, 2.45) is 0 Å². The summed E-state index contributed by atoms with van der Waals surface area (Å²) in [6.07, 6.45) is 3.59. The van der Waals surface area contributed by atoms with Gasteiger partial charge in [-0.1, -0.05) is 0 Å². The zero-order valence-electron chi connectivity index (χ0n) is 16.8. The van der Waals surface area contributed by atoms with E-state index in [0.717, 1.165) is 21.9 Å². The fourth-order valence-corrected chi connectivity index (χ4v) is 3.89. The van der Waals surface area contributed by atoms with E-state index in [-0.39, 0.29) is 12.0 Å². The summed E-state index contributed by atoms with van der Waals surface area (Å²) in [4.78, 5) is 36.4. The Morgan fingerprint density at radius 1 is 1.17 bits per heavy atom. The van der Waals surface area contributed by atoms with Gasteiger partial charge >= 0.3 is 11.6 Å². The molecule has 1 amide bonds. The topological polar surface area (TPSA) is 110 Å². The van der Waals surface area contributed by atoms with Crippen LogP contribution in [0.1, 0.15) is 28.7 Å². The zero-order valence-corrected chi connectivity index (χ0v) is 17.6. The number of hydrogen-bond acceptors (Lipinski definition) is 6. The molecule has 0 spiro atoms. The van der Waals surface area contributed by atoms with E-state index in [2.05, 4.69) is 5.32 Å². The van der Waals surface area contributed by atoms with E-state index in [1.54, 1.807) is 13.2 Å². The van der Waals surface area contributed by atoms with Crippen LogP contribution in [0.2, 0.25) is 0 Å². The first-order chi connectivity index (χ1) is 13.7. The number of thioether (sulfide) groups is 1. The van der Waals surface area contributed by atoms with Gasteiger partial charge in [-0.15, -0.1) is 0 Å². The first-order valence-corrected chi connectivity index (χ1v) is 10.6. The number of nitrogens with one attached hydrogen (secondary N) is 1. The predicted octanol–water partition coefficient (Wildman–Crippen LogP) is 3.33. The number of fused-ring (bicyclic) bond motifs is 2. The number of carboxylic acid groups (broad SMARTS) is 1. The molecule has 3 aromatic rings. The Balaban J connectivity index is 1.98. The minimum atomic E-state index is -1.09. The van der Waals surface area contributed by atoms with Crippen molar-refractivity contribution in [1.29, 1.82) is 0 Å². The van der Waals surface area contributed by atoms with Crippen LogP contribution in [0.15, 0.2) is 26.0 Å². The maximum Gasteiger partial charge on any atom is 0.340 e. The van der Waals surface area contributed by atoms with Gasteiger partial charge in [0.1, 0.15) is 17.2 Å². The summed E-state index contributed by atoms with van der Waals surface area (Å²) in [7, 11) is 0. The van der Waals surface area contributed by atoms with E-state index in [9.17, 15) is 19.5 Å². The first-order valence-electron chi connectivity index (χ1n) is 9.19. The second kappa shape index (κ2) is 8.32. The van der Waals surface area contributed by atoms with Crippen molar-refractivity contribution in [1.82, 2.24) is 5.32 Å². The third-order valence-corrected chi connectivity index (χ3v) is 5.76. The van der Waals surface area contributed by atoms with Gasteiger partial charge in [-0.3, -0.25) is 4.79 Å². The van der Waals surface area contributed by atoms with Gasteiger partial charge in [-0.2, -0.15) is 11.8 Å². The van der Waals surface area contributed by atoms with E-state index in [4.69, 9.17) is 8.83 Å². The smallest absolute Gasteiger partial charge is 0.340 e. The number of aliphatic carboxylic acids is 1. The van der Waals surface area contributed by atoms with Crippen molar-refractivity contribution in [2.45, 2.75) is 39.7 Å². The molecule has 0 aliphatic heterocycles. The lowest BCUT2D eigenvalue weighted by Crippen LogP contribution is -2.42. The van der Waals surface area contributed by atoms with Crippen LogP contribution in [0.25, 0.3) is 21.9 Å². The standard InChI is InChI=1S/C21H23NO6S/c1-10-9-27-18-12(3)19-14(7-13(10)18)11(2)15(21(26)28-19)8-17(23)22-16(20(24)25)5-6-29-4/h7,9,16H,5-6,8H2,1-4H3,(H,22,23)(H,24,25)/t16-/m0/s1. The molecule has 0 unspecified atom stereocenters. The van der Waals surface area contributed by atoms with Crippen LogP contribution >= 0.6 is 11.8 Å². The molecular formula is C21H23NO6S. The Hall–Kier alpha value is -2.74. The van der Waals surface area contributed by atoms with Crippen molar-refractivity contribution in [2.75, 3.05) is 12.0 Å². The molecule has 0 radical (unpaired) electrons. The van der Waals surface area contributed by atoms with Crippen LogP contribution < -0.4 is 10.9 Å². The largest absolute Gasteiger partial charge is 0.480 e. The van der Waals surface area contributed by atoms with Crippen LogP contribution in [0.4, 0.5) is 0 Å². The van der Waals surface area contributed by atoms with Gasteiger partial charge in [-0.05, 0) is 56.4 Å². The van der Waals surface area contributed by atoms with Gasteiger partial charge in [0.2, 0.25) is 5.91 Å². The summed E-state index contributed by atoms with van der Waals surface area (Å²) in [6, 6.07) is 0.910. The van der Waals surface area contributed by atoms with Gasteiger partial charge in [0.15, 0.2) is 0 Å². The zero-order chi connectivity index (χ0) is 21.3. The SMILES string of the molecule is CSCC[C@H](NC(=O)Cc1c(C)c2cc3c(C)coc3c(C)c2oc1=O)C(=O)O. The molecular weight excluding hydrogens is 394 g/mol. The average molecular weight is 417 g/mol. The normalized spacial score (nSPS) is 12.4. The minimum absolute atomic E-state index is 0.226. The number of aryl methyl sites for hydroxylation is 3. The Kier molecular flexibility index (Phi) is 6.02. The summed E-state index contributed by atoms with van der Waals surface area (Å²) < 4.78 is 11.1. The van der Waals surface area contributed by atoms with Gasteiger partial charge in [0.05, 0.1) is 18.2 Å². The van der Waals surface area contributed by atoms with E-state index < -0.39 is 23.5 Å². The van der Waals surface area contributed by atoms with Crippen molar-refractivity contribution in [3.63, 3.8) is 0 Å². The Morgan fingerprint density at radius 3 is 2.55 bits per heavy atom. The lowest BCUT2D eigenvalue weighted by molar-refractivity contribution is -0.141. The molecule has 1 aromatic carbocycles. The molecule has 0 bridgehead atoms. The van der Waals surface area contributed by atoms with Crippen LogP contribution in [-0.4, -0.2) is 35.0 Å². The summed E-state index contributed by atoms with van der Waals surface area (Å²) in [5.41, 5.74) is 3.06. The van der Waals surface area contributed by atoms with Crippen molar-refractivity contribution >= 4 is 45.6 Å². The number of benzene rings is 1. The summed E-state index contributed by atoms with van der Waals surface area (Å²) in [5.74, 6) is -1.01. The van der Waals surface area contributed by atoms with E-state index >= 15 is 0 Å². The maximum absolute atomic E-state index is 12.6. The van der Waals surface area contributed by atoms with Gasteiger partial charge in [-0.25, -0.2) is 9.59 Å². The van der Waals surface area contributed by atoms with Crippen LogP contribution in [0, 0.1) is 20.8 Å². The highest BCUT2D eigenvalue weighted by Crippen LogP contribution is 2.32. The predicted molar refractivity (Wildman–Crippen MR) is 113 cm³/mol. The third kappa shape index (κ3) is 4.03. The van der Waals surface area contributed by atoms with Gasteiger partial charge in [0.25, 0.3) is 0 Å². The number of furan rings is 1. The summed E-state index contributed by atoms with van der Waals surface area (Å²) >= 11 is 1.50. The Bertz CT molecular complexity index is 1160. The van der Waals surface area contributed by atoms with Crippen LogP contribution in [0.3, 0.4) is 0 Å². The number of carboxylic acids is 1. The van der Waals surface area contributed by atoms with E-state index in [0.29, 0.717) is 28.9 Å². The van der Waals surface area contributed by atoms with Crippen molar-refractivity contribution < 1.29 is 23.5 Å². The second-order valence-electron chi connectivity index (χ2n) is 7.08. The lowest BCUT2D eigenvalue weighted by Gasteiger charge is -2.15. The monoisotopic (exact) mass is 417 g/mol. The molecule has 154 valence electrons. The number of rotatable bonds is 7. The van der Waals surface area contributed by atoms with E-state index in [1.165, 1.54) is 11.8 Å². The molecule has 8 heteroatoms. The van der Waals surface area contributed by atoms with E-state index in [1.807, 2.05) is 26.2 Å². The molecule has 2 aromatic heterocycles. The third-order valence-electron chi connectivity index (χ3n) is 5.12. The fraction of sp³-hybridized carbons (Fsp3) is 0.381. The van der Waals surface area contributed by atoms with Crippen molar-refractivity contribution in [3.8, 4) is 0 Å². The molecule has 0 aliphatic rings. The lowest BCUT2D eigenvalue weighted by atomic mass is 9.99. The highest BCUT2D eigenvalue weighted by molar-refractivity contribution is 7.98. The number of amides is 1. The highest BCUT2D eigenvalue weighted by atomic mass is 32.2. The molecule has 0 saturated heterocycles. The molecule has 2 N–H and O–H groups in total. The second-order valence-corrected chi connectivity index (χ2v) is 8.07. The molecule has 7 nitrogen and oxygen atoms in total. The molecule has 0 saturated carbocycles. The van der Waals surface area contributed by atoms with Gasteiger partial charge < -0.3 is 19.3 Å². The quantitative estimate of drug-likeness (QED) is 0.567. The van der Waals surface area contributed by atoms with Crippen LogP contribution in [-0.2, 0) is 16.0 Å². The Morgan fingerprint density at radius 2 is 1.90 bits per heavy atom. The Labute approximate surface area is 171 Å². The molecule has 2 heterocycles. The maximum atomic E-state index is 12.6. The number of hydrogen-bond donors (Lipinski definition) is 2. The summed E-state index contributed by atoms with van der Waals surface area (Å²) in [6.45, 7) is 5.52. The van der Waals surface area contributed by atoms with Crippen molar-refractivity contribution in [3.05, 3.63) is 45.0 Å². The number of carbonyl (C=O) groups is 2. The van der Waals surface area contributed by atoms with Gasteiger partial charge in [0, 0.05) is 16.3 Å².